The molecule has 2 N–H and O–H groups in total. The monoisotopic (exact) mass is 272 g/mol. The number of carbonyl (C=O) groups excluding carboxylic acids is 1. The number of amides is 1. The van der Waals surface area contributed by atoms with Crippen molar-refractivity contribution in [1.29, 1.82) is 0 Å². The summed E-state index contributed by atoms with van der Waals surface area (Å²) in [6.07, 6.45) is 4.27. The van der Waals surface area contributed by atoms with Gasteiger partial charge >= 0.3 is 0 Å². The number of benzene rings is 1. The molecule has 20 heavy (non-hydrogen) atoms. The Morgan fingerprint density at radius 1 is 1.30 bits per heavy atom. The van der Waals surface area contributed by atoms with Crippen LogP contribution in [0.15, 0.2) is 24.3 Å². The Kier molecular flexibility index (Phi) is 4.06. The lowest BCUT2D eigenvalue weighted by Gasteiger charge is -2.32. The van der Waals surface area contributed by atoms with Gasteiger partial charge in [-0.2, -0.15) is 0 Å². The molecule has 1 aromatic carbocycles. The Hall–Kier alpha value is -1.35. The molecule has 0 bridgehead atoms. The summed E-state index contributed by atoms with van der Waals surface area (Å²) in [4.78, 5) is 12.6. The van der Waals surface area contributed by atoms with Gasteiger partial charge < -0.3 is 10.6 Å². The van der Waals surface area contributed by atoms with Crippen LogP contribution in [0.3, 0.4) is 0 Å². The van der Waals surface area contributed by atoms with E-state index >= 15 is 0 Å². The van der Waals surface area contributed by atoms with E-state index in [0.717, 1.165) is 38.8 Å². The molecule has 1 heterocycles. The normalized spacial score (nSPS) is 29.6. The predicted octanol–water partition coefficient (Wildman–Crippen LogP) is 2.22. The van der Waals surface area contributed by atoms with E-state index in [0.29, 0.717) is 12.0 Å². The van der Waals surface area contributed by atoms with Crippen molar-refractivity contribution in [2.24, 2.45) is 5.92 Å². The summed E-state index contributed by atoms with van der Waals surface area (Å²) in [5, 5.41) is 6.68. The number of carbonyl (C=O) groups is 1. The average molecular weight is 272 g/mol. The number of hydrogen-bond donors (Lipinski definition) is 2. The zero-order valence-electron chi connectivity index (χ0n) is 12.2. The van der Waals surface area contributed by atoms with E-state index in [1.54, 1.807) is 0 Å². The van der Waals surface area contributed by atoms with Crippen molar-refractivity contribution in [2.45, 2.75) is 44.6 Å². The van der Waals surface area contributed by atoms with Gasteiger partial charge in [0.05, 0.1) is 5.92 Å². The van der Waals surface area contributed by atoms with Crippen LogP contribution in [0.25, 0.3) is 0 Å². The maximum atomic E-state index is 12.6. The van der Waals surface area contributed by atoms with Gasteiger partial charge in [0.2, 0.25) is 5.91 Å². The highest BCUT2D eigenvalue weighted by Crippen LogP contribution is 2.31. The molecule has 3 unspecified atom stereocenters. The fraction of sp³-hybridized carbons (Fsp3) is 0.588. The van der Waals surface area contributed by atoms with Crippen LogP contribution < -0.4 is 10.6 Å². The van der Waals surface area contributed by atoms with Gasteiger partial charge in [0.1, 0.15) is 0 Å². The van der Waals surface area contributed by atoms with Crippen molar-refractivity contribution in [3.63, 3.8) is 0 Å². The van der Waals surface area contributed by atoms with Gasteiger partial charge in [-0.15, -0.1) is 0 Å². The number of aryl methyl sites for hydroxylation is 1. The molecule has 108 valence electrons. The quantitative estimate of drug-likeness (QED) is 0.867. The van der Waals surface area contributed by atoms with E-state index in [1.807, 2.05) is 0 Å². The molecule has 2 aliphatic rings. The first-order valence-electron chi connectivity index (χ1n) is 7.84. The molecule has 3 heteroatoms. The average Bonchev–Trinajstić information content (AvgIpc) is 2.49. The third-order valence-corrected chi connectivity index (χ3v) is 4.80. The van der Waals surface area contributed by atoms with Gasteiger partial charge in [0.15, 0.2) is 0 Å². The summed E-state index contributed by atoms with van der Waals surface area (Å²) in [6, 6.07) is 8.76. The van der Waals surface area contributed by atoms with Crippen LogP contribution in [0.2, 0.25) is 0 Å². The molecule has 1 amide bonds. The van der Waals surface area contributed by atoms with Crippen molar-refractivity contribution >= 4 is 5.91 Å². The molecule has 0 spiro atoms. The highest BCUT2D eigenvalue weighted by atomic mass is 16.1. The second kappa shape index (κ2) is 5.96. The molecule has 1 fully saturated rings. The van der Waals surface area contributed by atoms with Crippen LogP contribution in [0.1, 0.15) is 43.2 Å². The predicted molar refractivity (Wildman–Crippen MR) is 80.7 cm³/mol. The van der Waals surface area contributed by atoms with Crippen LogP contribution in [0, 0.1) is 5.92 Å². The van der Waals surface area contributed by atoms with E-state index in [4.69, 9.17) is 0 Å². The van der Waals surface area contributed by atoms with Crippen molar-refractivity contribution in [2.75, 3.05) is 13.1 Å². The second-order valence-electron chi connectivity index (χ2n) is 6.23. The molecule has 1 aliphatic heterocycles. The topological polar surface area (TPSA) is 41.1 Å². The van der Waals surface area contributed by atoms with Crippen LogP contribution in [-0.2, 0) is 11.2 Å². The molecule has 0 radical (unpaired) electrons. The summed E-state index contributed by atoms with van der Waals surface area (Å²) < 4.78 is 0. The summed E-state index contributed by atoms with van der Waals surface area (Å²) in [5.41, 5.74) is 2.61. The van der Waals surface area contributed by atoms with Crippen molar-refractivity contribution in [1.82, 2.24) is 10.6 Å². The van der Waals surface area contributed by atoms with E-state index in [2.05, 4.69) is 41.8 Å². The standard InChI is InChI=1S/C17H24N2O/c1-12-11-18-10-9-16(12)19-17(20)15-8-4-6-13-5-2-3-7-14(13)15/h2-3,5,7,12,15-16,18H,4,6,8-11H2,1H3,(H,19,20). The van der Waals surface area contributed by atoms with E-state index < -0.39 is 0 Å². The van der Waals surface area contributed by atoms with Gasteiger partial charge in [-0.05, 0) is 55.8 Å². The minimum Gasteiger partial charge on any atom is -0.352 e. The Morgan fingerprint density at radius 3 is 3.00 bits per heavy atom. The first kappa shape index (κ1) is 13.6. The Morgan fingerprint density at radius 2 is 2.15 bits per heavy atom. The van der Waals surface area contributed by atoms with Gasteiger partial charge in [0, 0.05) is 6.04 Å². The summed E-state index contributed by atoms with van der Waals surface area (Å²) in [5.74, 6) is 0.810. The minimum atomic E-state index is 0.0574. The minimum absolute atomic E-state index is 0.0574. The highest BCUT2D eigenvalue weighted by Gasteiger charge is 2.29. The number of nitrogens with one attached hydrogen (secondary N) is 2. The SMILES string of the molecule is CC1CNCCC1NC(=O)C1CCCc2ccccc21. The Balaban J connectivity index is 1.72. The molecular weight excluding hydrogens is 248 g/mol. The van der Waals surface area contributed by atoms with Gasteiger partial charge in [-0.25, -0.2) is 0 Å². The molecule has 1 saturated heterocycles. The van der Waals surface area contributed by atoms with Crippen LogP contribution in [-0.4, -0.2) is 25.0 Å². The van der Waals surface area contributed by atoms with Crippen molar-refractivity contribution in [3.8, 4) is 0 Å². The molecule has 3 rings (SSSR count). The van der Waals surface area contributed by atoms with Gasteiger partial charge in [0.25, 0.3) is 0 Å². The van der Waals surface area contributed by atoms with Crippen molar-refractivity contribution < 1.29 is 4.79 Å². The fourth-order valence-corrected chi connectivity index (χ4v) is 3.54. The van der Waals surface area contributed by atoms with E-state index in [-0.39, 0.29) is 11.8 Å². The first-order chi connectivity index (χ1) is 9.75. The summed E-state index contributed by atoms with van der Waals surface area (Å²) in [6.45, 7) is 4.23. The largest absolute Gasteiger partial charge is 0.352 e. The van der Waals surface area contributed by atoms with E-state index in [9.17, 15) is 4.79 Å². The van der Waals surface area contributed by atoms with Gasteiger partial charge in [-0.1, -0.05) is 31.2 Å². The first-order valence-corrected chi connectivity index (χ1v) is 7.84. The lowest BCUT2D eigenvalue weighted by Crippen LogP contribution is -2.49. The maximum Gasteiger partial charge on any atom is 0.227 e. The fourth-order valence-electron chi connectivity index (χ4n) is 3.54. The second-order valence-corrected chi connectivity index (χ2v) is 6.23. The Labute approximate surface area is 121 Å². The number of rotatable bonds is 2. The molecular formula is C17H24N2O. The lowest BCUT2D eigenvalue weighted by atomic mass is 9.82. The number of hydrogen-bond acceptors (Lipinski definition) is 2. The molecule has 3 atom stereocenters. The third-order valence-electron chi connectivity index (χ3n) is 4.80. The van der Waals surface area contributed by atoms with Crippen LogP contribution >= 0.6 is 0 Å². The van der Waals surface area contributed by atoms with Crippen LogP contribution in [0.5, 0.6) is 0 Å². The lowest BCUT2D eigenvalue weighted by molar-refractivity contribution is -0.124. The number of fused-ring (bicyclic) bond motifs is 1. The molecule has 0 saturated carbocycles. The zero-order chi connectivity index (χ0) is 13.9. The third kappa shape index (κ3) is 2.73. The molecule has 1 aromatic rings. The highest BCUT2D eigenvalue weighted by molar-refractivity contribution is 5.84. The van der Waals surface area contributed by atoms with Gasteiger partial charge in [-0.3, -0.25) is 4.79 Å². The van der Waals surface area contributed by atoms with Crippen molar-refractivity contribution in [3.05, 3.63) is 35.4 Å². The number of piperidine rings is 1. The summed E-state index contributed by atoms with van der Waals surface area (Å²) in [7, 11) is 0. The zero-order valence-corrected chi connectivity index (χ0v) is 12.2. The molecule has 0 aromatic heterocycles. The van der Waals surface area contributed by atoms with E-state index in [1.165, 1.54) is 11.1 Å². The Bertz CT molecular complexity index is 486. The molecule has 1 aliphatic carbocycles. The molecule has 3 nitrogen and oxygen atoms in total. The maximum absolute atomic E-state index is 12.6. The van der Waals surface area contributed by atoms with Crippen LogP contribution in [0.4, 0.5) is 0 Å². The smallest absolute Gasteiger partial charge is 0.227 e. The summed E-state index contributed by atoms with van der Waals surface area (Å²) >= 11 is 0.